The second-order valence-electron chi connectivity index (χ2n) is 13.5. The molecule has 0 aliphatic heterocycles. The van der Waals surface area contributed by atoms with Gasteiger partial charge in [0.25, 0.3) is 0 Å². The molecule has 0 atom stereocenters. The zero-order valence-electron chi connectivity index (χ0n) is 29.7. The Labute approximate surface area is 323 Å². The molecule has 0 saturated heterocycles. The van der Waals surface area contributed by atoms with Gasteiger partial charge in [-0.15, -0.1) is 11.3 Å². The van der Waals surface area contributed by atoms with Gasteiger partial charge in [-0.1, -0.05) is 170 Å². The smallest absolute Gasteiger partial charge is 0.160 e. The van der Waals surface area contributed by atoms with E-state index in [1.54, 1.807) is 11.3 Å². The first-order valence-corrected chi connectivity index (χ1v) is 19.1. The molecule has 5 heteroatoms. The quantitative estimate of drug-likeness (QED) is 0.164. The first-order valence-electron chi connectivity index (χ1n) is 18.3. The second-order valence-corrected chi connectivity index (χ2v) is 14.5. The SMILES string of the molecule is c1ccc(-c2ccc(-c3cc(-c4cccc5sc6cc(-c7cc(-c8ccccc8)nc(-c8ccccc8)n7)ccc6c45)nc(-c4ccccc4)n3)cc2)cc1. The van der Waals surface area contributed by atoms with Gasteiger partial charge in [-0.3, -0.25) is 0 Å². The number of hydrogen-bond acceptors (Lipinski definition) is 5. The number of benzene rings is 7. The zero-order valence-corrected chi connectivity index (χ0v) is 30.5. The van der Waals surface area contributed by atoms with Crippen molar-refractivity contribution in [2.24, 2.45) is 0 Å². The Hall–Kier alpha value is -7.08. The Balaban J connectivity index is 1.10. The van der Waals surface area contributed by atoms with Crippen molar-refractivity contribution in [2.75, 3.05) is 0 Å². The Morgan fingerprint density at radius 1 is 0.291 bits per heavy atom. The highest BCUT2D eigenvalue weighted by Gasteiger charge is 2.17. The number of hydrogen-bond donors (Lipinski definition) is 0. The van der Waals surface area contributed by atoms with E-state index < -0.39 is 0 Å². The third-order valence-electron chi connectivity index (χ3n) is 9.94. The van der Waals surface area contributed by atoms with Crippen molar-refractivity contribution in [2.45, 2.75) is 0 Å². The molecule has 0 saturated carbocycles. The molecule has 0 fully saturated rings. The van der Waals surface area contributed by atoms with Gasteiger partial charge >= 0.3 is 0 Å². The third-order valence-corrected chi connectivity index (χ3v) is 11.1. The van der Waals surface area contributed by atoms with E-state index in [-0.39, 0.29) is 0 Å². The molecule has 0 amide bonds. The van der Waals surface area contributed by atoms with Gasteiger partial charge < -0.3 is 0 Å². The van der Waals surface area contributed by atoms with E-state index in [9.17, 15) is 0 Å². The minimum Gasteiger partial charge on any atom is -0.228 e. The summed E-state index contributed by atoms with van der Waals surface area (Å²) < 4.78 is 2.39. The Morgan fingerprint density at radius 3 is 1.33 bits per heavy atom. The van der Waals surface area contributed by atoms with Gasteiger partial charge in [0.2, 0.25) is 0 Å². The molecule has 7 aromatic carbocycles. The minimum atomic E-state index is 0.700. The fourth-order valence-corrected chi connectivity index (χ4v) is 8.35. The maximum atomic E-state index is 5.22. The summed E-state index contributed by atoms with van der Waals surface area (Å²) in [4.78, 5) is 20.4. The molecule has 0 aliphatic carbocycles. The van der Waals surface area contributed by atoms with E-state index >= 15 is 0 Å². The predicted molar refractivity (Wildman–Crippen MR) is 229 cm³/mol. The third kappa shape index (κ3) is 6.37. The highest BCUT2D eigenvalue weighted by Crippen LogP contribution is 2.42. The fraction of sp³-hybridized carbons (Fsp3) is 0. The molecule has 0 N–H and O–H groups in total. The number of rotatable bonds is 7. The van der Waals surface area contributed by atoms with Gasteiger partial charge in [0.15, 0.2) is 11.6 Å². The van der Waals surface area contributed by atoms with Crippen LogP contribution in [-0.4, -0.2) is 19.9 Å². The molecule has 4 nitrogen and oxygen atoms in total. The summed E-state index contributed by atoms with van der Waals surface area (Å²) in [5.74, 6) is 1.41. The molecular formula is C50H32N4S. The first-order chi connectivity index (χ1) is 27.2. The van der Waals surface area contributed by atoms with Gasteiger partial charge in [0.05, 0.1) is 22.8 Å². The standard InChI is InChI=1S/C50H32N4S/c1-5-14-33(15-6-1)34-24-26-36(27-25-34)43-32-45(54-50(52-43)38-20-11-4-12-21-38)40-22-13-23-46-48(40)41-29-28-39(30-47(41)55-46)44-31-42(35-16-7-2-8-17-35)51-49(53-44)37-18-9-3-10-19-37/h1-32H. The maximum absolute atomic E-state index is 5.22. The van der Waals surface area contributed by atoms with Crippen molar-refractivity contribution in [3.63, 3.8) is 0 Å². The summed E-state index contributed by atoms with van der Waals surface area (Å²) in [6.07, 6.45) is 0. The summed E-state index contributed by atoms with van der Waals surface area (Å²) in [5, 5.41) is 2.38. The lowest BCUT2D eigenvalue weighted by atomic mass is 9.99. The molecule has 3 aromatic heterocycles. The van der Waals surface area contributed by atoms with Gasteiger partial charge in [-0.05, 0) is 35.4 Å². The number of thiophene rings is 1. The lowest BCUT2D eigenvalue weighted by molar-refractivity contribution is 1.18. The molecule has 0 spiro atoms. The van der Waals surface area contributed by atoms with Crippen LogP contribution in [0.5, 0.6) is 0 Å². The van der Waals surface area contributed by atoms with E-state index in [4.69, 9.17) is 19.9 Å². The topological polar surface area (TPSA) is 51.6 Å². The first kappa shape index (κ1) is 32.6. The fourth-order valence-electron chi connectivity index (χ4n) is 7.18. The molecule has 0 bridgehead atoms. The van der Waals surface area contributed by atoms with Crippen LogP contribution in [0.3, 0.4) is 0 Å². The van der Waals surface area contributed by atoms with Gasteiger partial charge in [-0.25, -0.2) is 19.9 Å². The van der Waals surface area contributed by atoms with Crippen molar-refractivity contribution in [1.29, 1.82) is 0 Å². The number of fused-ring (bicyclic) bond motifs is 3. The molecule has 3 heterocycles. The van der Waals surface area contributed by atoms with E-state index in [1.165, 1.54) is 31.3 Å². The highest BCUT2D eigenvalue weighted by atomic mass is 32.1. The normalized spacial score (nSPS) is 11.3. The molecule has 0 unspecified atom stereocenters. The largest absolute Gasteiger partial charge is 0.228 e. The van der Waals surface area contributed by atoms with Crippen molar-refractivity contribution in [1.82, 2.24) is 19.9 Å². The van der Waals surface area contributed by atoms with Crippen LogP contribution >= 0.6 is 11.3 Å². The lowest BCUT2D eigenvalue weighted by Gasteiger charge is -2.11. The van der Waals surface area contributed by atoms with Crippen molar-refractivity contribution >= 4 is 31.5 Å². The average molecular weight is 721 g/mol. The molecule has 0 radical (unpaired) electrons. The van der Waals surface area contributed by atoms with Crippen LogP contribution in [0.1, 0.15) is 0 Å². The summed E-state index contributed by atoms with van der Waals surface area (Å²) in [5.41, 5.74) is 12.1. The van der Waals surface area contributed by atoms with Crippen LogP contribution < -0.4 is 0 Å². The molecule has 10 aromatic rings. The average Bonchev–Trinajstić information content (AvgIpc) is 3.66. The molecule has 0 aliphatic rings. The monoisotopic (exact) mass is 720 g/mol. The predicted octanol–water partition coefficient (Wildman–Crippen LogP) is 13.3. The van der Waals surface area contributed by atoms with Crippen molar-refractivity contribution in [3.8, 4) is 78.9 Å². The maximum Gasteiger partial charge on any atom is 0.160 e. The van der Waals surface area contributed by atoms with Gasteiger partial charge in [0.1, 0.15) is 0 Å². The lowest BCUT2D eigenvalue weighted by Crippen LogP contribution is -1.96. The summed E-state index contributed by atoms with van der Waals surface area (Å²) in [6.45, 7) is 0. The Morgan fingerprint density at radius 2 is 0.727 bits per heavy atom. The van der Waals surface area contributed by atoms with E-state index in [0.717, 1.165) is 56.2 Å². The van der Waals surface area contributed by atoms with Crippen LogP contribution in [0.2, 0.25) is 0 Å². The highest BCUT2D eigenvalue weighted by molar-refractivity contribution is 7.26. The van der Waals surface area contributed by atoms with E-state index in [2.05, 4.69) is 133 Å². The second kappa shape index (κ2) is 14.0. The molecule has 10 rings (SSSR count). The van der Waals surface area contributed by atoms with Crippen LogP contribution in [0, 0.1) is 0 Å². The molecule has 258 valence electrons. The summed E-state index contributed by atoms with van der Waals surface area (Å²) >= 11 is 1.79. The molecular weight excluding hydrogens is 689 g/mol. The van der Waals surface area contributed by atoms with Gasteiger partial charge in [0, 0.05) is 53.6 Å². The van der Waals surface area contributed by atoms with E-state index in [0.29, 0.717) is 11.6 Å². The number of nitrogens with zero attached hydrogens (tertiary/aromatic N) is 4. The van der Waals surface area contributed by atoms with Crippen molar-refractivity contribution < 1.29 is 0 Å². The number of aromatic nitrogens is 4. The summed E-state index contributed by atoms with van der Waals surface area (Å²) in [6, 6.07) is 67.3. The van der Waals surface area contributed by atoms with Gasteiger partial charge in [-0.2, -0.15) is 0 Å². The molecule has 55 heavy (non-hydrogen) atoms. The van der Waals surface area contributed by atoms with E-state index in [1.807, 2.05) is 60.7 Å². The van der Waals surface area contributed by atoms with Crippen LogP contribution in [0.4, 0.5) is 0 Å². The summed E-state index contributed by atoms with van der Waals surface area (Å²) in [7, 11) is 0. The van der Waals surface area contributed by atoms with Crippen molar-refractivity contribution in [3.05, 3.63) is 194 Å². The van der Waals surface area contributed by atoms with Crippen LogP contribution in [-0.2, 0) is 0 Å². The Kier molecular flexibility index (Phi) is 8.32. The Bertz CT molecular complexity index is 2890. The minimum absolute atomic E-state index is 0.700. The van der Waals surface area contributed by atoms with Crippen LogP contribution in [0.25, 0.3) is 99.1 Å². The van der Waals surface area contributed by atoms with Crippen LogP contribution in [0.15, 0.2) is 194 Å². The zero-order chi connectivity index (χ0) is 36.6.